The zero-order valence-electron chi connectivity index (χ0n) is 28.2. The molecular formula is C38H6F16N6. The first-order valence-corrected chi connectivity index (χ1v) is 15.5. The minimum absolute atomic E-state index is 0.617. The molecule has 2 heterocycles. The van der Waals surface area contributed by atoms with E-state index >= 15 is 26.3 Å². The molecule has 0 spiro atoms. The standard InChI is InChI=1S/C38H6F16N6/c39-27-17(11-1-3-59-13(5-11)7-55)19(15(9-57)21-29(41)33(45)25(37(49,50)51)34(46)30(21)42)23-24(27)20(18(28(23)40)12-2-4-60-14(6-12)8-56)16(10-58)22-31(43)35(47)26(38(52,53)54)36(48)32(22)44/h1-6H/b19-15-,20-16-. The lowest BCUT2D eigenvalue weighted by atomic mass is 9.86. The molecule has 2 aliphatic rings. The van der Waals surface area contributed by atoms with Gasteiger partial charge >= 0.3 is 12.4 Å². The summed E-state index contributed by atoms with van der Waals surface area (Å²) in [5.41, 5.74) is -26.8. The van der Waals surface area contributed by atoms with E-state index in [-0.39, 0.29) is 0 Å². The third-order valence-electron chi connectivity index (χ3n) is 8.77. The highest BCUT2D eigenvalue weighted by Gasteiger charge is 2.49. The topological polar surface area (TPSA) is 121 Å². The van der Waals surface area contributed by atoms with E-state index in [1.807, 2.05) is 0 Å². The van der Waals surface area contributed by atoms with E-state index < -0.39 is 160 Å². The number of halogens is 16. The van der Waals surface area contributed by atoms with Gasteiger partial charge < -0.3 is 0 Å². The Balaban J connectivity index is 1.91. The highest BCUT2D eigenvalue weighted by Crippen LogP contribution is 2.60. The lowest BCUT2D eigenvalue weighted by molar-refractivity contribution is -0.144. The molecule has 60 heavy (non-hydrogen) atoms. The number of nitriles is 4. The Kier molecular flexibility index (Phi) is 10.2. The summed E-state index contributed by atoms with van der Waals surface area (Å²) in [6.45, 7) is 0. The van der Waals surface area contributed by atoms with Gasteiger partial charge in [-0.1, -0.05) is 0 Å². The third-order valence-corrected chi connectivity index (χ3v) is 8.77. The van der Waals surface area contributed by atoms with Crippen LogP contribution in [0.2, 0.25) is 0 Å². The van der Waals surface area contributed by atoms with E-state index in [2.05, 4.69) is 9.97 Å². The molecule has 4 aromatic rings. The van der Waals surface area contributed by atoms with Crippen molar-refractivity contribution in [3.63, 3.8) is 0 Å². The number of pyridine rings is 2. The Morgan fingerprint density at radius 3 is 1.00 bits per heavy atom. The smallest absolute Gasteiger partial charge is 0.246 e. The molecule has 0 radical (unpaired) electrons. The van der Waals surface area contributed by atoms with E-state index in [9.17, 15) is 65.0 Å². The molecule has 0 amide bonds. The van der Waals surface area contributed by atoms with Crippen LogP contribution in [0.1, 0.15) is 44.8 Å². The maximum Gasteiger partial charge on any atom is 0.422 e. The van der Waals surface area contributed by atoms with Gasteiger partial charge in [0.05, 0.1) is 22.3 Å². The first-order valence-electron chi connectivity index (χ1n) is 15.5. The molecule has 6 nitrogen and oxygen atoms in total. The van der Waals surface area contributed by atoms with Crippen molar-refractivity contribution in [2.24, 2.45) is 0 Å². The lowest BCUT2D eigenvalue weighted by Gasteiger charge is -2.18. The Hall–Kier alpha value is -7.72. The fraction of sp³-hybridized carbons (Fsp3) is 0.0526. The zero-order chi connectivity index (χ0) is 44.5. The molecule has 0 saturated heterocycles. The van der Waals surface area contributed by atoms with Gasteiger partial charge in [0, 0.05) is 45.8 Å². The molecule has 22 heteroatoms. The van der Waals surface area contributed by atoms with Gasteiger partial charge in [-0.2, -0.15) is 47.4 Å². The monoisotopic (exact) mass is 850 g/mol. The van der Waals surface area contributed by atoms with Crippen LogP contribution in [0.25, 0.3) is 22.3 Å². The van der Waals surface area contributed by atoms with Crippen molar-refractivity contribution in [3.8, 4) is 24.3 Å². The minimum atomic E-state index is -6.14. The molecular weight excluding hydrogens is 844 g/mol. The normalized spacial score (nSPS) is 15.8. The van der Waals surface area contributed by atoms with Crippen molar-refractivity contribution < 1.29 is 70.2 Å². The number of alkyl halides is 6. The van der Waals surface area contributed by atoms with Gasteiger partial charge in [0.2, 0.25) is 0 Å². The van der Waals surface area contributed by atoms with Gasteiger partial charge in [0.1, 0.15) is 58.4 Å². The van der Waals surface area contributed by atoms with E-state index in [4.69, 9.17) is 0 Å². The molecule has 0 N–H and O–H groups in total. The third kappa shape index (κ3) is 6.21. The summed E-state index contributed by atoms with van der Waals surface area (Å²) in [7, 11) is 0. The van der Waals surface area contributed by atoms with Gasteiger partial charge in [-0.3, -0.25) is 0 Å². The summed E-state index contributed by atoms with van der Waals surface area (Å²) in [5, 5.41) is 39.4. The second-order valence-electron chi connectivity index (χ2n) is 11.9. The summed E-state index contributed by atoms with van der Waals surface area (Å²) in [5.74, 6) is -28.8. The first kappa shape index (κ1) is 41.9. The average Bonchev–Trinajstić information content (AvgIpc) is 3.66. The number of rotatable bonds is 4. The van der Waals surface area contributed by atoms with Gasteiger partial charge in [-0.25, -0.2) is 53.9 Å². The first-order chi connectivity index (χ1) is 28.1. The molecule has 0 fully saturated rings. The Morgan fingerprint density at radius 2 is 0.750 bits per heavy atom. The van der Waals surface area contributed by atoms with Gasteiger partial charge in [-0.05, 0) is 35.4 Å². The molecule has 300 valence electrons. The molecule has 0 saturated carbocycles. The predicted octanol–water partition coefficient (Wildman–Crippen LogP) is 10.7. The highest BCUT2D eigenvalue weighted by molar-refractivity contribution is 6.14. The van der Waals surface area contributed by atoms with Gasteiger partial charge in [0.15, 0.2) is 46.5 Å². The molecule has 2 aromatic heterocycles. The van der Waals surface area contributed by atoms with Crippen LogP contribution < -0.4 is 0 Å². The van der Waals surface area contributed by atoms with Crippen LogP contribution in [0, 0.1) is 91.9 Å². The van der Waals surface area contributed by atoms with E-state index in [1.54, 1.807) is 0 Å². The maximum atomic E-state index is 17.4. The Bertz CT molecular complexity index is 2730. The van der Waals surface area contributed by atoms with Crippen LogP contribution in [0.4, 0.5) is 70.2 Å². The van der Waals surface area contributed by atoms with Crippen molar-refractivity contribution in [2.75, 3.05) is 0 Å². The van der Waals surface area contributed by atoms with Crippen LogP contribution in [0.15, 0.2) is 70.6 Å². The van der Waals surface area contributed by atoms with E-state index in [0.29, 0.717) is 24.5 Å². The molecule has 2 aromatic carbocycles. The Morgan fingerprint density at radius 1 is 0.450 bits per heavy atom. The van der Waals surface area contributed by atoms with Crippen LogP contribution in [0.5, 0.6) is 0 Å². The second-order valence-corrected chi connectivity index (χ2v) is 11.9. The largest absolute Gasteiger partial charge is 0.422 e. The summed E-state index contributed by atoms with van der Waals surface area (Å²) < 4.78 is 238. The van der Waals surface area contributed by atoms with Crippen molar-refractivity contribution in [1.29, 1.82) is 21.0 Å². The molecule has 6 rings (SSSR count). The highest BCUT2D eigenvalue weighted by atomic mass is 19.4. The quantitative estimate of drug-likeness (QED) is 0.115. The van der Waals surface area contributed by atoms with Crippen molar-refractivity contribution in [3.05, 3.63) is 162 Å². The van der Waals surface area contributed by atoms with E-state index in [1.165, 1.54) is 12.1 Å². The van der Waals surface area contributed by atoms with Crippen molar-refractivity contribution >= 4 is 22.3 Å². The molecule has 2 aliphatic carbocycles. The number of hydrogen-bond acceptors (Lipinski definition) is 6. The number of allylic oxidation sites excluding steroid dienone is 10. The van der Waals surface area contributed by atoms with E-state index in [0.717, 1.165) is 24.3 Å². The minimum Gasteiger partial charge on any atom is -0.246 e. The number of hydrogen-bond donors (Lipinski definition) is 0. The van der Waals surface area contributed by atoms with Crippen LogP contribution >= 0.6 is 0 Å². The Labute approximate surface area is 322 Å². The van der Waals surface area contributed by atoms with Crippen LogP contribution in [-0.4, -0.2) is 9.97 Å². The summed E-state index contributed by atoms with van der Waals surface area (Å²) in [6.07, 6.45) is -10.9. The summed E-state index contributed by atoms with van der Waals surface area (Å²) >= 11 is 0. The second kappa shape index (κ2) is 14.6. The average molecular weight is 850 g/mol. The predicted molar refractivity (Wildman–Crippen MR) is 169 cm³/mol. The maximum absolute atomic E-state index is 17.4. The molecule has 0 aliphatic heterocycles. The zero-order valence-corrected chi connectivity index (χ0v) is 28.2. The van der Waals surface area contributed by atoms with Crippen LogP contribution in [-0.2, 0) is 12.4 Å². The lowest BCUT2D eigenvalue weighted by Crippen LogP contribution is -2.17. The van der Waals surface area contributed by atoms with Crippen LogP contribution in [0.3, 0.4) is 0 Å². The van der Waals surface area contributed by atoms with Crippen molar-refractivity contribution in [2.45, 2.75) is 12.4 Å². The summed E-state index contributed by atoms with van der Waals surface area (Å²) in [6, 6.07) is 7.57. The molecule has 0 unspecified atom stereocenters. The number of nitrogens with zero attached hydrogens (tertiary/aromatic N) is 6. The SMILES string of the molecule is N#C/C(=C1C2=C(C(F)=C/1c1ccnc(C#N)c1)/C(=C(/C#N)c1c(F)c(F)c(C(F)(F)F)c(F)c1F)C(c1ccnc(C#N)c1)=C2F)c1c(F)c(F)c(C(F)(F)F)c(F)c1F. The summed E-state index contributed by atoms with van der Waals surface area (Å²) in [4.78, 5) is 7.14. The fourth-order valence-corrected chi connectivity index (χ4v) is 6.42. The number of benzene rings is 2. The van der Waals surface area contributed by atoms with Gasteiger partial charge in [-0.15, -0.1) is 0 Å². The van der Waals surface area contributed by atoms with Gasteiger partial charge in [0.25, 0.3) is 0 Å². The number of aromatic nitrogens is 2. The molecule has 0 bridgehead atoms. The molecule has 0 atom stereocenters. The van der Waals surface area contributed by atoms with Crippen molar-refractivity contribution in [1.82, 2.24) is 9.97 Å². The fourth-order valence-electron chi connectivity index (χ4n) is 6.42.